The van der Waals surface area contributed by atoms with Crippen LogP contribution in [0.4, 0.5) is 10.1 Å². The van der Waals surface area contributed by atoms with Gasteiger partial charge in [0.1, 0.15) is 12.2 Å². The van der Waals surface area contributed by atoms with Gasteiger partial charge in [0.15, 0.2) is 0 Å². The number of amides is 1. The Morgan fingerprint density at radius 1 is 1.67 bits per heavy atom. The van der Waals surface area contributed by atoms with Crippen molar-refractivity contribution in [3.63, 3.8) is 0 Å². The average Bonchev–Trinajstić information content (AvgIpc) is 2.11. The Bertz CT molecular complexity index is 421. The molecule has 0 heterocycles. The summed E-state index contributed by atoms with van der Waals surface area (Å²) in [5.41, 5.74) is -0.0142. The second kappa shape index (κ2) is 5.10. The third-order valence-electron chi connectivity index (χ3n) is 1.51. The average molecular weight is 292 g/mol. The zero-order valence-electron chi connectivity index (χ0n) is 7.35. The quantitative estimate of drug-likeness (QED) is 0.910. The lowest BCUT2D eigenvalue weighted by Crippen LogP contribution is -2.11. The molecule has 0 radical (unpaired) electrons. The number of hydrogen-bond donors (Lipinski definition) is 1. The minimum atomic E-state index is -0.652. The second-order valence-electron chi connectivity index (χ2n) is 2.63. The van der Waals surface area contributed by atoms with Crippen molar-refractivity contribution in [3.8, 4) is 6.07 Å². The highest BCUT2D eigenvalue weighted by Gasteiger charge is 2.11. The van der Waals surface area contributed by atoms with Gasteiger partial charge in [-0.05, 0) is 28.1 Å². The molecular formula is C9H5BrClFN2O. The van der Waals surface area contributed by atoms with E-state index in [1.54, 1.807) is 6.07 Å². The lowest BCUT2D eigenvalue weighted by molar-refractivity contribution is -0.115. The molecule has 78 valence electrons. The lowest BCUT2D eigenvalue weighted by atomic mass is 10.3. The van der Waals surface area contributed by atoms with Crippen molar-refractivity contribution in [1.82, 2.24) is 0 Å². The number of rotatable bonds is 2. The van der Waals surface area contributed by atoms with Crippen LogP contribution in [0.25, 0.3) is 0 Å². The van der Waals surface area contributed by atoms with Crippen LogP contribution in [0.1, 0.15) is 6.42 Å². The molecule has 1 aromatic carbocycles. The van der Waals surface area contributed by atoms with Crippen LogP contribution in [0, 0.1) is 17.1 Å². The summed E-state index contributed by atoms with van der Waals surface area (Å²) in [6, 6.07) is 4.19. The van der Waals surface area contributed by atoms with Crippen molar-refractivity contribution in [2.75, 3.05) is 5.32 Å². The van der Waals surface area contributed by atoms with E-state index < -0.39 is 11.7 Å². The van der Waals surface area contributed by atoms with Gasteiger partial charge in [-0.2, -0.15) is 5.26 Å². The fourth-order valence-corrected chi connectivity index (χ4v) is 1.79. The van der Waals surface area contributed by atoms with Crippen LogP contribution in [-0.2, 0) is 4.79 Å². The van der Waals surface area contributed by atoms with Crippen LogP contribution < -0.4 is 5.32 Å². The normalized spacial score (nSPS) is 9.47. The van der Waals surface area contributed by atoms with Gasteiger partial charge < -0.3 is 5.32 Å². The summed E-state index contributed by atoms with van der Waals surface area (Å²) < 4.78 is 13.6. The van der Waals surface area contributed by atoms with Crippen molar-refractivity contribution in [2.45, 2.75) is 6.42 Å². The van der Waals surface area contributed by atoms with Crippen LogP contribution in [0.3, 0.4) is 0 Å². The van der Waals surface area contributed by atoms with Crippen LogP contribution >= 0.6 is 27.5 Å². The predicted octanol–water partition coefficient (Wildman–Crippen LogP) is 3.09. The van der Waals surface area contributed by atoms with E-state index in [2.05, 4.69) is 21.2 Å². The smallest absolute Gasteiger partial charge is 0.238 e. The second-order valence-corrected chi connectivity index (χ2v) is 3.92. The summed E-state index contributed by atoms with van der Waals surface area (Å²) in [6.07, 6.45) is -0.325. The summed E-state index contributed by atoms with van der Waals surface area (Å²) in [5, 5.41) is 10.7. The highest BCUT2D eigenvalue weighted by molar-refractivity contribution is 9.10. The standard InChI is InChI=1S/C9H5BrClFN2O/c10-6-3-5(11)4-7(12)9(6)14-8(15)1-2-13/h3-4H,1H2,(H,14,15). The van der Waals surface area contributed by atoms with E-state index in [0.29, 0.717) is 4.47 Å². The summed E-state index contributed by atoms with van der Waals surface area (Å²) in [4.78, 5) is 11.0. The fourth-order valence-electron chi connectivity index (χ4n) is 0.917. The molecule has 0 spiro atoms. The summed E-state index contributed by atoms with van der Waals surface area (Å²) >= 11 is 8.64. The van der Waals surface area contributed by atoms with Crippen LogP contribution in [0.15, 0.2) is 16.6 Å². The molecule has 0 saturated heterocycles. The summed E-state index contributed by atoms with van der Waals surface area (Å²) in [6.45, 7) is 0. The first kappa shape index (κ1) is 12.0. The molecule has 0 bridgehead atoms. The van der Waals surface area contributed by atoms with Crippen molar-refractivity contribution in [3.05, 3.63) is 27.4 Å². The first-order valence-corrected chi connectivity index (χ1v) is 5.03. The molecule has 1 N–H and O–H groups in total. The van der Waals surface area contributed by atoms with Gasteiger partial charge >= 0.3 is 0 Å². The maximum absolute atomic E-state index is 13.3. The Morgan fingerprint density at radius 3 is 2.87 bits per heavy atom. The van der Waals surface area contributed by atoms with Gasteiger partial charge in [0.2, 0.25) is 5.91 Å². The Morgan fingerprint density at radius 2 is 2.33 bits per heavy atom. The number of nitrogens with zero attached hydrogens (tertiary/aromatic N) is 1. The number of nitriles is 1. The summed E-state index contributed by atoms with van der Waals surface area (Å²) in [7, 11) is 0. The number of halogens is 3. The molecule has 0 aliphatic heterocycles. The van der Waals surface area contributed by atoms with Crippen molar-refractivity contribution in [1.29, 1.82) is 5.26 Å². The number of carbonyl (C=O) groups excluding carboxylic acids is 1. The third kappa shape index (κ3) is 3.18. The fraction of sp³-hybridized carbons (Fsp3) is 0.111. The van der Waals surface area contributed by atoms with Crippen LogP contribution in [0.5, 0.6) is 0 Å². The van der Waals surface area contributed by atoms with Gasteiger partial charge in [-0.25, -0.2) is 4.39 Å². The van der Waals surface area contributed by atoms with Gasteiger partial charge in [-0.15, -0.1) is 0 Å². The van der Waals surface area contributed by atoms with Crippen molar-refractivity contribution >= 4 is 39.1 Å². The topological polar surface area (TPSA) is 52.9 Å². The number of carbonyl (C=O) groups is 1. The number of anilines is 1. The molecule has 1 rings (SSSR count). The van der Waals surface area contributed by atoms with Gasteiger partial charge in [-0.3, -0.25) is 4.79 Å². The number of benzene rings is 1. The van der Waals surface area contributed by atoms with Gasteiger partial charge in [0.05, 0.1) is 11.8 Å². The SMILES string of the molecule is N#CCC(=O)Nc1c(F)cc(Cl)cc1Br. The third-order valence-corrected chi connectivity index (χ3v) is 2.35. The molecule has 0 unspecified atom stereocenters. The molecule has 0 aliphatic rings. The molecular weight excluding hydrogens is 286 g/mol. The zero-order chi connectivity index (χ0) is 11.4. The molecule has 0 fully saturated rings. The molecule has 1 amide bonds. The minimum absolute atomic E-state index is 0.0142. The number of hydrogen-bond acceptors (Lipinski definition) is 2. The van der Waals surface area contributed by atoms with E-state index in [9.17, 15) is 9.18 Å². The monoisotopic (exact) mass is 290 g/mol. The number of nitrogens with one attached hydrogen (secondary N) is 1. The van der Waals surface area contributed by atoms with Gasteiger partial charge in [0.25, 0.3) is 0 Å². The molecule has 0 aliphatic carbocycles. The molecule has 0 saturated carbocycles. The van der Waals surface area contributed by atoms with E-state index in [1.807, 2.05) is 0 Å². The predicted molar refractivity (Wildman–Crippen MR) is 58.0 cm³/mol. The molecule has 3 nitrogen and oxygen atoms in total. The lowest BCUT2D eigenvalue weighted by Gasteiger charge is -2.07. The molecule has 0 atom stereocenters. The Balaban J connectivity index is 2.96. The first-order chi connectivity index (χ1) is 7.04. The highest BCUT2D eigenvalue weighted by Crippen LogP contribution is 2.29. The van der Waals surface area contributed by atoms with E-state index in [1.165, 1.54) is 6.07 Å². The van der Waals surface area contributed by atoms with Crippen LogP contribution in [-0.4, -0.2) is 5.91 Å². The molecule has 6 heteroatoms. The largest absolute Gasteiger partial charge is 0.322 e. The van der Waals surface area contributed by atoms with Crippen molar-refractivity contribution < 1.29 is 9.18 Å². The van der Waals surface area contributed by atoms with Gasteiger partial charge in [-0.1, -0.05) is 11.6 Å². The Kier molecular flexibility index (Phi) is 4.06. The minimum Gasteiger partial charge on any atom is -0.322 e. The Labute approximate surface area is 99.0 Å². The van der Waals surface area contributed by atoms with E-state index in [4.69, 9.17) is 16.9 Å². The first-order valence-electron chi connectivity index (χ1n) is 3.86. The zero-order valence-corrected chi connectivity index (χ0v) is 9.69. The van der Waals surface area contributed by atoms with E-state index in [-0.39, 0.29) is 17.1 Å². The van der Waals surface area contributed by atoms with Gasteiger partial charge in [0, 0.05) is 9.50 Å². The van der Waals surface area contributed by atoms with E-state index in [0.717, 1.165) is 6.07 Å². The summed E-state index contributed by atoms with van der Waals surface area (Å²) in [5.74, 6) is -1.22. The molecule has 1 aromatic rings. The van der Waals surface area contributed by atoms with Crippen molar-refractivity contribution in [2.24, 2.45) is 0 Å². The molecule has 15 heavy (non-hydrogen) atoms. The molecule has 0 aromatic heterocycles. The highest BCUT2D eigenvalue weighted by atomic mass is 79.9. The van der Waals surface area contributed by atoms with E-state index >= 15 is 0 Å². The maximum atomic E-state index is 13.3. The Hall–Kier alpha value is -1.12. The van der Waals surface area contributed by atoms with Crippen LogP contribution in [0.2, 0.25) is 5.02 Å². The maximum Gasteiger partial charge on any atom is 0.238 e.